The molecule has 0 aromatic heterocycles. The molecule has 0 saturated heterocycles. The molecule has 6 saturated carbocycles. The SMILES string of the molecule is [2H]c1c([2H])c2c3c(c1[2H])N(c1c([2H])c(C45CC(C4)C5)c([2H])c(C45CC(C4)C5)c1[2H])c1c([2H])c(C(C)(C)C)c([2H])c([2H])c1B3c1c([2H])c(C(C)(C)C)c([2H])c([2H])c1O2. The Bertz CT molecular complexity index is 2520. The zero-order valence-electron chi connectivity index (χ0n) is 38.8. The minimum atomic E-state index is -1.22. The number of hydrogen-bond acceptors (Lipinski definition) is 2. The zero-order valence-corrected chi connectivity index (χ0v) is 26.8. The molecule has 45 heavy (non-hydrogen) atoms. The summed E-state index contributed by atoms with van der Waals surface area (Å²) in [4.78, 5) is 1.50. The third-order valence-electron chi connectivity index (χ3n) is 11.6. The first-order valence-corrected chi connectivity index (χ1v) is 16.5. The van der Waals surface area contributed by atoms with Crippen LogP contribution in [0.4, 0.5) is 17.1 Å². The van der Waals surface area contributed by atoms with Crippen molar-refractivity contribution in [3.05, 3.63) is 94.8 Å². The molecule has 2 nitrogen and oxygen atoms in total. The van der Waals surface area contributed by atoms with Gasteiger partial charge >= 0.3 is 0 Å². The number of hydrogen-bond donors (Lipinski definition) is 0. The van der Waals surface area contributed by atoms with Gasteiger partial charge in [-0.3, -0.25) is 0 Å². The van der Waals surface area contributed by atoms with Crippen molar-refractivity contribution in [3.63, 3.8) is 0 Å². The van der Waals surface area contributed by atoms with E-state index in [0.29, 0.717) is 23.0 Å². The van der Waals surface area contributed by atoms with Gasteiger partial charge in [-0.05, 0) is 147 Å². The second-order valence-electron chi connectivity index (χ2n) is 16.8. The van der Waals surface area contributed by atoms with Crippen molar-refractivity contribution in [1.29, 1.82) is 0 Å². The fourth-order valence-corrected chi connectivity index (χ4v) is 8.69. The largest absolute Gasteiger partial charge is 0.458 e. The van der Waals surface area contributed by atoms with E-state index in [1.54, 1.807) is 0 Å². The predicted octanol–water partition coefficient (Wildman–Crippen LogP) is 8.79. The third kappa shape index (κ3) is 3.53. The molecule has 0 N–H and O–H groups in total. The van der Waals surface area contributed by atoms with Gasteiger partial charge in [-0.1, -0.05) is 77.8 Å². The summed E-state index contributed by atoms with van der Waals surface area (Å²) in [5, 5.41) is 0. The summed E-state index contributed by atoms with van der Waals surface area (Å²) in [6.45, 7) is 9.83. The molecule has 4 aromatic carbocycles. The first-order valence-electron chi connectivity index (χ1n) is 22.5. The summed E-state index contributed by atoms with van der Waals surface area (Å²) in [6, 6.07) is -2.61. The van der Waals surface area contributed by atoms with Crippen LogP contribution in [0.5, 0.6) is 11.5 Å². The Kier molecular flexibility index (Phi) is 3.21. The smallest absolute Gasteiger partial charge is 0.256 e. The third-order valence-corrected chi connectivity index (χ3v) is 11.6. The topological polar surface area (TPSA) is 12.5 Å². The van der Waals surface area contributed by atoms with Gasteiger partial charge < -0.3 is 9.64 Å². The lowest BCUT2D eigenvalue weighted by molar-refractivity contribution is -0.0330. The highest BCUT2D eigenvalue weighted by Gasteiger charge is 2.60. The monoisotopic (exact) mass is 601 g/mol. The fourth-order valence-electron chi connectivity index (χ4n) is 8.69. The molecule has 0 spiro atoms. The standard InChI is InChI=1S/C42H44BNO/c1-39(2,3)27-11-13-36-33(17-27)43-32-12-10-28(40(4,5)6)18-35(32)44(34-8-7-9-37(45-36)38(34)43)31-15-29(41-19-25(20-41)21-41)14-30(16-31)42-22-26(23-42)24-42/h7-18,25-26H,19-24H2,1-6H3/i7D,8D,9D,10D,11D,12D,13D,14D,15D,16D,17D,18D. The quantitative estimate of drug-likeness (QED) is 0.188. The van der Waals surface area contributed by atoms with E-state index in [-0.39, 0.29) is 121 Å². The van der Waals surface area contributed by atoms with Gasteiger partial charge in [-0.2, -0.15) is 0 Å². The van der Waals surface area contributed by atoms with Gasteiger partial charge in [0, 0.05) is 17.1 Å². The van der Waals surface area contributed by atoms with Gasteiger partial charge in [0.2, 0.25) is 0 Å². The van der Waals surface area contributed by atoms with Crippen LogP contribution in [-0.4, -0.2) is 6.71 Å². The lowest BCUT2D eigenvalue weighted by Crippen LogP contribution is -2.60. The zero-order chi connectivity index (χ0) is 41.1. The molecule has 0 atom stereocenters. The van der Waals surface area contributed by atoms with Crippen LogP contribution in [0.2, 0.25) is 0 Å². The van der Waals surface area contributed by atoms with E-state index in [4.69, 9.17) is 8.85 Å². The molecular formula is C42H44BNO. The molecule has 0 amide bonds. The lowest BCUT2D eigenvalue weighted by Gasteiger charge is -2.64. The maximum Gasteiger partial charge on any atom is 0.256 e. The second-order valence-corrected chi connectivity index (χ2v) is 16.8. The number of rotatable bonds is 3. The van der Waals surface area contributed by atoms with Gasteiger partial charge in [-0.15, -0.1) is 0 Å². The van der Waals surface area contributed by atoms with Crippen LogP contribution in [0.25, 0.3) is 0 Å². The van der Waals surface area contributed by atoms with Crippen molar-refractivity contribution >= 4 is 40.2 Å². The Labute approximate surface area is 286 Å². The van der Waals surface area contributed by atoms with E-state index in [9.17, 15) is 12.3 Å². The maximum atomic E-state index is 10.0. The second kappa shape index (κ2) is 8.27. The molecule has 12 rings (SSSR count). The molecule has 0 radical (unpaired) electrons. The van der Waals surface area contributed by atoms with Crippen LogP contribution in [0.15, 0.2) is 72.5 Å². The minimum Gasteiger partial charge on any atom is -0.458 e. The van der Waals surface area contributed by atoms with Crippen molar-refractivity contribution < 1.29 is 21.2 Å². The van der Waals surface area contributed by atoms with Gasteiger partial charge in [0.15, 0.2) is 0 Å². The highest BCUT2D eigenvalue weighted by molar-refractivity contribution is 6.99. The van der Waals surface area contributed by atoms with Crippen molar-refractivity contribution in [3.8, 4) is 11.5 Å². The maximum absolute atomic E-state index is 10.0. The van der Waals surface area contributed by atoms with Crippen LogP contribution >= 0.6 is 0 Å². The highest BCUT2D eigenvalue weighted by atomic mass is 16.5. The summed E-state index contributed by atoms with van der Waals surface area (Å²) in [7, 11) is 0. The summed E-state index contributed by atoms with van der Waals surface area (Å²) in [6.07, 6.45) is 5.06. The molecule has 2 aliphatic heterocycles. The Balaban J connectivity index is 1.41. The molecule has 0 unspecified atom stereocenters. The van der Waals surface area contributed by atoms with Crippen LogP contribution in [-0.2, 0) is 21.7 Å². The van der Waals surface area contributed by atoms with Crippen molar-refractivity contribution in [1.82, 2.24) is 0 Å². The summed E-state index contributed by atoms with van der Waals surface area (Å²) in [5.74, 6) is 0.676. The van der Waals surface area contributed by atoms with E-state index >= 15 is 0 Å². The van der Waals surface area contributed by atoms with Gasteiger partial charge in [0.05, 0.1) is 16.4 Å². The molecule has 6 fully saturated rings. The Hall–Kier alpha value is -3.46. The molecule has 6 aliphatic carbocycles. The fraction of sp³-hybridized carbons (Fsp3) is 0.429. The average Bonchev–Trinajstić information content (AvgIpc) is 3.03. The van der Waals surface area contributed by atoms with Gasteiger partial charge in [0.25, 0.3) is 6.71 Å². The molecule has 2 heterocycles. The van der Waals surface area contributed by atoms with E-state index in [1.807, 2.05) is 41.5 Å². The van der Waals surface area contributed by atoms with Crippen LogP contribution in [0.3, 0.4) is 0 Å². The normalized spacial score (nSPS) is 31.7. The molecule has 226 valence electrons. The van der Waals surface area contributed by atoms with E-state index < -0.39 is 35.7 Å². The molecule has 4 aromatic rings. The Morgan fingerprint density at radius 2 is 1.27 bits per heavy atom. The van der Waals surface area contributed by atoms with Crippen LogP contribution < -0.4 is 26.0 Å². The van der Waals surface area contributed by atoms with Crippen LogP contribution in [0, 0.1) is 11.8 Å². The first-order chi connectivity index (χ1) is 26.5. The van der Waals surface area contributed by atoms with Crippen molar-refractivity contribution in [2.75, 3.05) is 4.90 Å². The number of ether oxygens (including phenoxy) is 1. The van der Waals surface area contributed by atoms with Crippen molar-refractivity contribution in [2.45, 2.75) is 102 Å². The summed E-state index contributed by atoms with van der Waals surface area (Å²) in [5.41, 5.74) is -0.318. The molecule has 8 aliphatic rings. The first kappa shape index (κ1) is 17.5. The summed E-state index contributed by atoms with van der Waals surface area (Å²) < 4.78 is 121. The Morgan fingerprint density at radius 3 is 1.84 bits per heavy atom. The van der Waals surface area contributed by atoms with Crippen LogP contribution in [0.1, 0.15) is 119 Å². The summed E-state index contributed by atoms with van der Waals surface area (Å²) >= 11 is 0. The predicted molar refractivity (Wildman–Crippen MR) is 188 cm³/mol. The van der Waals surface area contributed by atoms with Gasteiger partial charge in [0.1, 0.15) is 11.5 Å². The highest BCUT2D eigenvalue weighted by Crippen LogP contribution is 2.68. The number of benzene rings is 4. The van der Waals surface area contributed by atoms with Crippen molar-refractivity contribution in [2.24, 2.45) is 11.8 Å². The van der Waals surface area contributed by atoms with E-state index in [0.717, 1.165) is 38.5 Å². The molecular weight excluding hydrogens is 545 g/mol. The lowest BCUT2D eigenvalue weighted by atomic mass is 9.34. The van der Waals surface area contributed by atoms with E-state index in [1.165, 1.54) is 4.90 Å². The van der Waals surface area contributed by atoms with Gasteiger partial charge in [-0.25, -0.2) is 0 Å². The molecule has 4 bridgehead atoms. The number of anilines is 3. The number of fused-ring (bicyclic) bond motifs is 4. The minimum absolute atomic E-state index is 0.00958. The molecule has 3 heteroatoms. The van der Waals surface area contributed by atoms with E-state index in [2.05, 4.69) is 0 Å². The number of nitrogens with zero attached hydrogens (tertiary/aromatic N) is 1. The average molecular weight is 602 g/mol. The Morgan fingerprint density at radius 1 is 0.667 bits per heavy atom.